The molecule has 0 atom stereocenters. The number of piperidine rings is 1. The predicted octanol–water partition coefficient (Wildman–Crippen LogP) is 3.02. The number of nitrogens with zero attached hydrogens (tertiary/aromatic N) is 8. The number of nitrogen functional groups attached to an aromatic ring is 1. The van der Waals surface area contributed by atoms with Gasteiger partial charge >= 0.3 is 0 Å². The van der Waals surface area contributed by atoms with Crippen LogP contribution in [0.25, 0.3) is 28.2 Å². The van der Waals surface area contributed by atoms with Crippen molar-refractivity contribution in [3.63, 3.8) is 0 Å². The fourth-order valence-corrected chi connectivity index (χ4v) is 4.28. The molecule has 1 aromatic carbocycles. The van der Waals surface area contributed by atoms with Gasteiger partial charge in [-0.2, -0.15) is 9.78 Å². The Morgan fingerprint density at radius 3 is 2.74 bits per heavy atom. The normalized spacial score (nSPS) is 14.4. The predicted molar refractivity (Wildman–Crippen MR) is 123 cm³/mol. The van der Waals surface area contributed by atoms with Crippen molar-refractivity contribution in [2.45, 2.75) is 32.2 Å². The van der Waals surface area contributed by atoms with Gasteiger partial charge in [-0.25, -0.2) is 13.8 Å². The zero-order chi connectivity index (χ0) is 24.5. The van der Waals surface area contributed by atoms with Crippen LogP contribution in [0.1, 0.15) is 32.2 Å². The van der Waals surface area contributed by atoms with Gasteiger partial charge in [0.2, 0.25) is 5.91 Å². The highest BCUT2D eigenvalue weighted by Gasteiger charge is 2.24. The van der Waals surface area contributed by atoms with Crippen molar-refractivity contribution in [2.75, 3.05) is 18.8 Å². The average molecular weight is 479 g/mol. The molecule has 0 bridgehead atoms. The molecule has 0 aliphatic carbocycles. The minimum atomic E-state index is -1.07. The maximum Gasteiger partial charge on any atom is 0.222 e. The Bertz CT molecular complexity index is 1380. The Kier molecular flexibility index (Phi) is 5.93. The quantitative estimate of drug-likeness (QED) is 0.467. The fourth-order valence-electron chi connectivity index (χ4n) is 4.28. The summed E-state index contributed by atoms with van der Waals surface area (Å²) in [5.41, 5.74) is 7.85. The molecule has 4 aromatic rings. The van der Waals surface area contributed by atoms with Gasteiger partial charge in [0.05, 0.1) is 17.8 Å². The molecule has 1 aliphatic heterocycles. The van der Waals surface area contributed by atoms with Gasteiger partial charge in [0.25, 0.3) is 0 Å². The molecule has 1 fully saturated rings. The van der Waals surface area contributed by atoms with Crippen molar-refractivity contribution in [3.8, 4) is 28.2 Å². The number of anilines is 1. The monoisotopic (exact) mass is 479 g/mol. The third-order valence-electron chi connectivity index (χ3n) is 6.22. The van der Waals surface area contributed by atoms with Gasteiger partial charge < -0.3 is 10.6 Å². The Hall–Kier alpha value is -4.22. The van der Waals surface area contributed by atoms with Crippen LogP contribution in [-0.4, -0.2) is 58.9 Å². The zero-order valence-electron chi connectivity index (χ0n) is 19.0. The van der Waals surface area contributed by atoms with Crippen LogP contribution in [0.2, 0.25) is 0 Å². The third kappa shape index (κ3) is 4.22. The lowest BCUT2D eigenvalue weighted by Gasteiger charge is -2.32. The number of likely N-dealkylation sites (tertiary alicyclic amines) is 1. The topological polar surface area (TPSA) is 121 Å². The lowest BCUT2D eigenvalue weighted by molar-refractivity contribution is -0.132. The van der Waals surface area contributed by atoms with Gasteiger partial charge in [0.1, 0.15) is 11.5 Å². The number of tetrazole rings is 1. The van der Waals surface area contributed by atoms with Crippen molar-refractivity contribution in [2.24, 2.45) is 0 Å². The van der Waals surface area contributed by atoms with Gasteiger partial charge in [-0.15, -0.1) is 5.10 Å². The molecule has 0 saturated carbocycles. The standard InChI is InChI=1S/C23H23F2N9O/c1-2-20(35)32-8-6-16(7-9-32)33-13-15(12-28-33)14-10-17(22(26)27-11-14)23-29-30-31-34(23)19-5-3-4-18(24)21(19)25/h3-5,10-13,16H,2,6-9H2,1H3,(H2,26,27). The summed E-state index contributed by atoms with van der Waals surface area (Å²) in [6.07, 6.45) is 7.43. The fraction of sp³-hybridized carbons (Fsp3) is 0.304. The molecular weight excluding hydrogens is 456 g/mol. The summed E-state index contributed by atoms with van der Waals surface area (Å²) >= 11 is 0. The molecule has 12 heteroatoms. The van der Waals surface area contributed by atoms with E-state index >= 15 is 0 Å². The summed E-state index contributed by atoms with van der Waals surface area (Å²) in [6, 6.07) is 5.69. The molecule has 1 saturated heterocycles. The molecule has 35 heavy (non-hydrogen) atoms. The lowest BCUT2D eigenvalue weighted by atomic mass is 10.0. The smallest absolute Gasteiger partial charge is 0.222 e. The first-order valence-electron chi connectivity index (χ1n) is 11.3. The van der Waals surface area contributed by atoms with Gasteiger partial charge in [-0.3, -0.25) is 9.48 Å². The van der Waals surface area contributed by atoms with E-state index in [4.69, 9.17) is 5.73 Å². The lowest BCUT2D eigenvalue weighted by Crippen LogP contribution is -2.38. The van der Waals surface area contributed by atoms with Crippen LogP contribution in [0, 0.1) is 11.6 Å². The highest BCUT2D eigenvalue weighted by Crippen LogP contribution is 2.31. The zero-order valence-corrected chi connectivity index (χ0v) is 19.0. The number of nitrogens with two attached hydrogens (primary N) is 1. The van der Waals surface area contributed by atoms with Crippen LogP contribution in [0.4, 0.5) is 14.6 Å². The number of hydrogen-bond acceptors (Lipinski definition) is 7. The molecule has 0 radical (unpaired) electrons. The molecular formula is C23H23F2N9O. The molecule has 1 aliphatic rings. The number of carbonyl (C=O) groups is 1. The van der Waals surface area contributed by atoms with E-state index in [1.165, 1.54) is 12.1 Å². The molecule has 0 spiro atoms. The third-order valence-corrected chi connectivity index (χ3v) is 6.22. The second-order valence-corrected chi connectivity index (χ2v) is 8.32. The minimum Gasteiger partial charge on any atom is -0.383 e. The molecule has 10 nitrogen and oxygen atoms in total. The van der Waals surface area contributed by atoms with Crippen molar-refractivity contribution in [1.82, 2.24) is 39.9 Å². The first kappa shape index (κ1) is 22.6. The van der Waals surface area contributed by atoms with E-state index in [0.29, 0.717) is 30.6 Å². The molecule has 3 aromatic heterocycles. The van der Waals surface area contributed by atoms with E-state index in [9.17, 15) is 13.6 Å². The molecule has 180 valence electrons. The number of benzene rings is 1. The number of carbonyl (C=O) groups excluding carboxylic acids is 1. The van der Waals surface area contributed by atoms with E-state index in [2.05, 4.69) is 25.6 Å². The first-order valence-corrected chi connectivity index (χ1v) is 11.3. The van der Waals surface area contributed by atoms with Crippen LogP contribution in [0.3, 0.4) is 0 Å². The van der Waals surface area contributed by atoms with Crippen molar-refractivity contribution >= 4 is 11.7 Å². The van der Waals surface area contributed by atoms with Gasteiger partial charge in [0, 0.05) is 43.0 Å². The number of rotatable bonds is 5. The highest BCUT2D eigenvalue weighted by atomic mass is 19.2. The van der Waals surface area contributed by atoms with Gasteiger partial charge in [0.15, 0.2) is 17.5 Å². The highest BCUT2D eigenvalue weighted by molar-refractivity contribution is 5.76. The average Bonchev–Trinajstić information content (AvgIpc) is 3.56. The number of aromatic nitrogens is 7. The van der Waals surface area contributed by atoms with E-state index < -0.39 is 11.6 Å². The van der Waals surface area contributed by atoms with Crippen LogP contribution >= 0.6 is 0 Å². The van der Waals surface area contributed by atoms with Crippen LogP contribution < -0.4 is 5.73 Å². The molecule has 1 amide bonds. The molecule has 4 heterocycles. The largest absolute Gasteiger partial charge is 0.383 e. The summed E-state index contributed by atoms with van der Waals surface area (Å²) in [6.45, 7) is 3.29. The number of amides is 1. The van der Waals surface area contributed by atoms with E-state index in [-0.39, 0.29) is 29.3 Å². The van der Waals surface area contributed by atoms with Crippen LogP contribution in [0.15, 0.2) is 42.9 Å². The Balaban J connectivity index is 1.43. The van der Waals surface area contributed by atoms with Crippen LogP contribution in [0.5, 0.6) is 0 Å². The molecule has 0 unspecified atom stereocenters. The molecule has 5 rings (SSSR count). The number of hydrogen-bond donors (Lipinski definition) is 1. The maximum atomic E-state index is 14.4. The Morgan fingerprint density at radius 2 is 1.97 bits per heavy atom. The summed E-state index contributed by atoms with van der Waals surface area (Å²) in [7, 11) is 0. The van der Waals surface area contributed by atoms with Crippen molar-refractivity contribution in [3.05, 3.63) is 54.5 Å². The van der Waals surface area contributed by atoms with E-state index in [1.807, 2.05) is 22.7 Å². The Labute approximate surface area is 199 Å². The van der Waals surface area contributed by atoms with Gasteiger partial charge in [-0.1, -0.05) is 13.0 Å². The second kappa shape index (κ2) is 9.20. The second-order valence-electron chi connectivity index (χ2n) is 8.32. The SMILES string of the molecule is CCC(=O)N1CCC(n2cc(-c3cnc(N)c(-c4nnnn4-c4cccc(F)c4F)c3)cn2)CC1. The summed E-state index contributed by atoms with van der Waals surface area (Å²) in [4.78, 5) is 18.1. The number of halogens is 2. The maximum absolute atomic E-state index is 14.4. The minimum absolute atomic E-state index is 0.127. The summed E-state index contributed by atoms with van der Waals surface area (Å²) in [5.74, 6) is -1.65. The van der Waals surface area contributed by atoms with Gasteiger partial charge in [-0.05, 0) is 41.5 Å². The van der Waals surface area contributed by atoms with E-state index in [1.54, 1.807) is 18.5 Å². The summed E-state index contributed by atoms with van der Waals surface area (Å²) < 4.78 is 31.2. The van der Waals surface area contributed by atoms with Crippen molar-refractivity contribution < 1.29 is 13.6 Å². The van der Waals surface area contributed by atoms with Crippen LogP contribution in [-0.2, 0) is 4.79 Å². The Morgan fingerprint density at radius 1 is 1.17 bits per heavy atom. The summed E-state index contributed by atoms with van der Waals surface area (Å²) in [5, 5.41) is 15.9. The molecule has 2 N–H and O–H groups in total. The number of pyridine rings is 1. The van der Waals surface area contributed by atoms with Crippen molar-refractivity contribution in [1.29, 1.82) is 0 Å². The van der Waals surface area contributed by atoms with E-state index in [0.717, 1.165) is 29.2 Å². The first-order chi connectivity index (χ1) is 17.0.